The van der Waals surface area contributed by atoms with Crippen LogP contribution in [0.4, 0.5) is 0 Å². The van der Waals surface area contributed by atoms with Crippen LogP contribution in [0.2, 0.25) is 0 Å². The Labute approximate surface area is 247 Å². The number of ether oxygens (including phenoxy) is 3. The number of carbonyl (C=O) groups is 3. The van der Waals surface area contributed by atoms with Crippen molar-refractivity contribution in [2.45, 2.75) is 103 Å². The number of esters is 3. The number of rotatable bonds is 13. The van der Waals surface area contributed by atoms with Crippen LogP contribution in [0.5, 0.6) is 0 Å². The molecule has 3 N–H and O–H groups in total. The number of hydrogen-bond acceptors (Lipinski definition) is 10. The average molecular weight is 581 g/mol. The molecule has 3 aliphatic rings. The molecule has 0 aromatic rings. The summed E-state index contributed by atoms with van der Waals surface area (Å²) in [7, 11) is 0. The van der Waals surface area contributed by atoms with Crippen molar-refractivity contribution in [2.75, 3.05) is 58.9 Å². The smallest absolute Gasteiger partial charge is 0.320 e. The van der Waals surface area contributed by atoms with Gasteiger partial charge >= 0.3 is 17.9 Å². The fourth-order valence-electron chi connectivity index (χ4n) is 6.63. The minimum Gasteiger partial charge on any atom is -0.459 e. The normalized spacial score (nSPS) is 20.6. The van der Waals surface area contributed by atoms with Crippen molar-refractivity contribution in [3.63, 3.8) is 0 Å². The molecule has 0 atom stereocenters. The standard InChI is InChI=1S/C31H56N4O6/c1-29(2,23-7-14-32-15-8-23)39-26(36)13-20-35(21-27(37)40-30(3,4)24-9-16-33-17-10-24)22-28(38)41-31(5,6)25-11-18-34-19-12-25/h23-25,32-34H,7-22H2,1-6H3. The Hall–Kier alpha value is -1.75. The highest BCUT2D eigenvalue weighted by molar-refractivity contribution is 5.76. The van der Waals surface area contributed by atoms with Crippen LogP contribution in [0.1, 0.15) is 86.5 Å². The first kappa shape index (κ1) is 33.7. The van der Waals surface area contributed by atoms with E-state index >= 15 is 0 Å². The molecule has 0 amide bonds. The Balaban J connectivity index is 1.60. The molecule has 10 nitrogen and oxygen atoms in total. The summed E-state index contributed by atoms with van der Waals surface area (Å²) in [4.78, 5) is 40.9. The van der Waals surface area contributed by atoms with Crippen LogP contribution in [0, 0.1) is 17.8 Å². The van der Waals surface area contributed by atoms with Crippen molar-refractivity contribution in [1.29, 1.82) is 0 Å². The molecule has 0 unspecified atom stereocenters. The van der Waals surface area contributed by atoms with Crippen molar-refractivity contribution in [2.24, 2.45) is 17.8 Å². The summed E-state index contributed by atoms with van der Waals surface area (Å²) in [5, 5.41) is 10.0. The Morgan fingerprint density at radius 1 is 0.561 bits per heavy atom. The maximum absolute atomic E-state index is 13.1. The van der Waals surface area contributed by atoms with Gasteiger partial charge in [0.05, 0.1) is 19.5 Å². The summed E-state index contributed by atoms with van der Waals surface area (Å²) in [5.74, 6) is -0.300. The van der Waals surface area contributed by atoms with Gasteiger partial charge in [-0.3, -0.25) is 19.3 Å². The van der Waals surface area contributed by atoms with E-state index < -0.39 is 28.7 Å². The van der Waals surface area contributed by atoms with E-state index in [1.165, 1.54) is 0 Å². The molecular weight excluding hydrogens is 524 g/mol. The summed E-state index contributed by atoms with van der Waals surface area (Å²) in [5.41, 5.74) is -1.79. The van der Waals surface area contributed by atoms with Crippen LogP contribution >= 0.6 is 0 Å². The molecule has 3 fully saturated rings. The third kappa shape index (κ3) is 10.8. The van der Waals surface area contributed by atoms with E-state index in [0.29, 0.717) is 5.92 Å². The molecule has 236 valence electrons. The lowest BCUT2D eigenvalue weighted by Crippen LogP contribution is -2.47. The second-order valence-corrected chi connectivity index (χ2v) is 13.8. The predicted molar refractivity (Wildman–Crippen MR) is 158 cm³/mol. The summed E-state index contributed by atoms with van der Waals surface area (Å²) in [6, 6.07) is 0. The molecule has 3 rings (SSSR count). The van der Waals surface area contributed by atoms with Gasteiger partial charge in [-0.05, 0) is 119 Å². The maximum atomic E-state index is 13.1. The monoisotopic (exact) mass is 580 g/mol. The molecular formula is C31H56N4O6. The third-order valence-electron chi connectivity index (χ3n) is 9.44. The lowest BCUT2D eigenvalue weighted by Gasteiger charge is -2.38. The van der Waals surface area contributed by atoms with Gasteiger partial charge in [0.2, 0.25) is 0 Å². The van der Waals surface area contributed by atoms with Crippen molar-refractivity contribution in [3.8, 4) is 0 Å². The van der Waals surface area contributed by atoms with Gasteiger partial charge in [0, 0.05) is 24.3 Å². The summed E-state index contributed by atoms with van der Waals surface area (Å²) in [6.07, 6.45) is 5.78. The van der Waals surface area contributed by atoms with Crippen molar-refractivity contribution in [3.05, 3.63) is 0 Å². The van der Waals surface area contributed by atoms with E-state index in [4.69, 9.17) is 14.2 Å². The summed E-state index contributed by atoms with van der Waals surface area (Å²) < 4.78 is 17.8. The van der Waals surface area contributed by atoms with Crippen molar-refractivity contribution >= 4 is 17.9 Å². The zero-order chi connectivity index (χ0) is 30.1. The predicted octanol–water partition coefficient (Wildman–Crippen LogP) is 2.64. The Morgan fingerprint density at radius 2 is 0.854 bits per heavy atom. The quantitative estimate of drug-likeness (QED) is 0.222. The van der Waals surface area contributed by atoms with Crippen molar-refractivity contribution < 1.29 is 28.6 Å². The number of hydrogen-bond donors (Lipinski definition) is 3. The Kier molecular flexibility index (Phi) is 12.4. The zero-order valence-electron chi connectivity index (χ0n) is 26.4. The average Bonchev–Trinajstić information content (AvgIpc) is 2.92. The van der Waals surface area contributed by atoms with Gasteiger partial charge in [-0.2, -0.15) is 0 Å². The maximum Gasteiger partial charge on any atom is 0.320 e. The van der Waals surface area contributed by atoms with E-state index in [1.54, 1.807) is 4.90 Å². The van der Waals surface area contributed by atoms with Gasteiger partial charge in [-0.1, -0.05) is 0 Å². The molecule has 3 aliphatic heterocycles. The van der Waals surface area contributed by atoms with Crippen LogP contribution in [0.25, 0.3) is 0 Å². The molecule has 0 aromatic heterocycles. The fourth-order valence-corrected chi connectivity index (χ4v) is 6.63. The highest BCUT2D eigenvalue weighted by Gasteiger charge is 2.37. The van der Waals surface area contributed by atoms with Gasteiger partial charge in [0.25, 0.3) is 0 Å². The van der Waals surface area contributed by atoms with E-state index in [1.807, 2.05) is 41.5 Å². The van der Waals surface area contributed by atoms with Crippen LogP contribution in [0.15, 0.2) is 0 Å². The second-order valence-electron chi connectivity index (χ2n) is 13.8. The molecule has 0 aromatic carbocycles. The number of nitrogens with zero attached hydrogens (tertiary/aromatic N) is 1. The molecule has 0 saturated carbocycles. The molecule has 3 heterocycles. The molecule has 3 saturated heterocycles. The van der Waals surface area contributed by atoms with Gasteiger partial charge in [-0.15, -0.1) is 0 Å². The first-order valence-electron chi connectivity index (χ1n) is 15.8. The molecule has 10 heteroatoms. The Morgan fingerprint density at radius 3 is 1.17 bits per heavy atom. The van der Waals surface area contributed by atoms with Crippen LogP contribution < -0.4 is 16.0 Å². The summed E-state index contributed by atoms with van der Waals surface area (Å²) in [6.45, 7) is 17.3. The minimum absolute atomic E-state index is 0.0737. The topological polar surface area (TPSA) is 118 Å². The highest BCUT2D eigenvalue weighted by Crippen LogP contribution is 2.31. The number of piperidine rings is 3. The van der Waals surface area contributed by atoms with Gasteiger partial charge in [0.15, 0.2) is 0 Å². The highest BCUT2D eigenvalue weighted by atomic mass is 16.6. The van der Waals surface area contributed by atoms with Crippen LogP contribution in [0.3, 0.4) is 0 Å². The molecule has 0 bridgehead atoms. The largest absolute Gasteiger partial charge is 0.459 e. The number of carbonyl (C=O) groups excluding carboxylic acids is 3. The van der Waals surface area contributed by atoms with Gasteiger partial charge in [0.1, 0.15) is 16.8 Å². The van der Waals surface area contributed by atoms with E-state index in [9.17, 15) is 14.4 Å². The molecule has 0 spiro atoms. The number of nitrogens with one attached hydrogen (secondary N) is 3. The summed E-state index contributed by atoms with van der Waals surface area (Å²) >= 11 is 0. The minimum atomic E-state index is -0.611. The van der Waals surface area contributed by atoms with Crippen LogP contribution in [-0.4, -0.2) is 98.5 Å². The fraction of sp³-hybridized carbons (Fsp3) is 0.903. The third-order valence-corrected chi connectivity index (χ3v) is 9.44. The molecule has 0 radical (unpaired) electrons. The van der Waals surface area contributed by atoms with E-state index in [2.05, 4.69) is 16.0 Å². The SMILES string of the molecule is CC(C)(OC(=O)CCN(CC(=O)OC(C)(C)C1CCNCC1)CC(=O)OC(C)(C)C1CCNCC1)C1CCNCC1. The van der Waals surface area contributed by atoms with Crippen molar-refractivity contribution in [1.82, 2.24) is 20.9 Å². The lowest BCUT2D eigenvalue weighted by molar-refractivity contribution is -0.170. The Bertz CT molecular complexity index is 813. The first-order chi connectivity index (χ1) is 19.3. The van der Waals surface area contributed by atoms with Gasteiger partial charge < -0.3 is 30.2 Å². The van der Waals surface area contributed by atoms with Gasteiger partial charge in [-0.25, -0.2) is 0 Å². The van der Waals surface area contributed by atoms with Crippen LogP contribution in [-0.2, 0) is 28.6 Å². The molecule has 0 aliphatic carbocycles. The molecule has 41 heavy (non-hydrogen) atoms. The zero-order valence-corrected chi connectivity index (χ0v) is 26.4. The van der Waals surface area contributed by atoms with E-state index in [-0.39, 0.29) is 43.9 Å². The lowest BCUT2D eigenvalue weighted by atomic mass is 9.83. The first-order valence-corrected chi connectivity index (χ1v) is 15.8. The van der Waals surface area contributed by atoms with E-state index in [0.717, 1.165) is 77.8 Å². The second kappa shape index (κ2) is 15.1.